The van der Waals surface area contributed by atoms with E-state index >= 15 is 0 Å². The third-order valence-corrected chi connectivity index (χ3v) is 5.95. The van der Waals surface area contributed by atoms with Crippen molar-refractivity contribution in [3.63, 3.8) is 0 Å². The van der Waals surface area contributed by atoms with E-state index in [4.69, 9.17) is 0 Å². The van der Waals surface area contributed by atoms with E-state index in [1.807, 2.05) is 18.2 Å². The molecule has 3 rings (SSSR count). The largest absolute Gasteiger partial charge is 0.383 e. The number of anilines is 1. The van der Waals surface area contributed by atoms with Gasteiger partial charge < -0.3 is 5.32 Å². The van der Waals surface area contributed by atoms with Crippen LogP contribution in [0, 0.1) is 10.1 Å². The smallest absolute Gasteiger partial charge is 0.288 e. The number of nitro benzene ring substituents is 1. The molecule has 144 valence electrons. The Hall–Kier alpha value is -2.45. The Morgan fingerprint density at radius 1 is 1.22 bits per heavy atom. The van der Waals surface area contributed by atoms with E-state index in [0.29, 0.717) is 18.3 Å². The van der Waals surface area contributed by atoms with Crippen molar-refractivity contribution in [3.05, 3.63) is 64.2 Å². The lowest BCUT2D eigenvalue weighted by molar-refractivity contribution is -0.387. The number of nitro groups is 1. The third kappa shape index (κ3) is 4.84. The molecular formula is C19H23N3O4S. The summed E-state index contributed by atoms with van der Waals surface area (Å²) in [6, 6.07) is 14.8. The predicted molar refractivity (Wildman–Crippen MR) is 105 cm³/mol. The fraction of sp³-hybridized carbons (Fsp3) is 0.368. The molecule has 2 aromatic carbocycles. The molecule has 0 bridgehead atoms. The Morgan fingerprint density at radius 3 is 2.63 bits per heavy atom. The second-order valence-electron chi connectivity index (χ2n) is 6.84. The molecule has 1 fully saturated rings. The van der Waals surface area contributed by atoms with E-state index in [2.05, 4.69) is 22.3 Å². The summed E-state index contributed by atoms with van der Waals surface area (Å²) in [5, 5.41) is 14.3. The first-order valence-corrected chi connectivity index (χ1v) is 10.7. The molecule has 0 radical (unpaired) electrons. The lowest BCUT2D eigenvalue weighted by Crippen LogP contribution is -2.34. The Balaban J connectivity index is 1.69. The number of nitrogens with one attached hydrogen (secondary N) is 1. The van der Waals surface area contributed by atoms with E-state index in [1.165, 1.54) is 17.7 Å². The maximum atomic E-state index is 11.9. The highest BCUT2D eigenvalue weighted by Crippen LogP contribution is 2.27. The van der Waals surface area contributed by atoms with Gasteiger partial charge in [-0.05, 0) is 37.1 Å². The maximum Gasteiger partial charge on any atom is 0.288 e. The molecule has 1 atom stereocenters. The van der Waals surface area contributed by atoms with Gasteiger partial charge in [0.2, 0.25) is 0 Å². The van der Waals surface area contributed by atoms with Crippen molar-refractivity contribution in [1.29, 1.82) is 0 Å². The molecule has 8 heteroatoms. The number of benzene rings is 2. The van der Waals surface area contributed by atoms with Crippen LogP contribution in [0.5, 0.6) is 0 Å². The minimum absolute atomic E-state index is 0.259. The molecule has 2 aromatic rings. The van der Waals surface area contributed by atoms with Crippen molar-refractivity contribution >= 4 is 21.2 Å². The number of hydrogen-bond donors (Lipinski definition) is 1. The third-order valence-electron chi connectivity index (χ3n) is 4.83. The number of likely N-dealkylation sites (tertiary alicyclic amines) is 1. The zero-order chi connectivity index (χ0) is 19.4. The topological polar surface area (TPSA) is 92.6 Å². The molecule has 0 aromatic heterocycles. The highest BCUT2D eigenvalue weighted by Gasteiger charge is 2.25. The summed E-state index contributed by atoms with van der Waals surface area (Å²) in [5.41, 5.74) is 1.45. The average molecular weight is 389 g/mol. The number of nitrogens with zero attached hydrogens (tertiary/aromatic N) is 2. The van der Waals surface area contributed by atoms with Crippen molar-refractivity contribution in [3.8, 4) is 0 Å². The van der Waals surface area contributed by atoms with Crippen molar-refractivity contribution in [2.45, 2.75) is 30.3 Å². The minimum atomic E-state index is -3.68. The van der Waals surface area contributed by atoms with Crippen LogP contribution in [0.2, 0.25) is 0 Å². The van der Waals surface area contributed by atoms with Crippen LogP contribution in [0.25, 0.3) is 0 Å². The Labute approximate surface area is 159 Å². The summed E-state index contributed by atoms with van der Waals surface area (Å²) in [5.74, 6) is 0. The van der Waals surface area contributed by atoms with Crippen LogP contribution in [-0.4, -0.2) is 43.6 Å². The summed E-state index contributed by atoms with van der Waals surface area (Å²) >= 11 is 0. The van der Waals surface area contributed by atoms with Gasteiger partial charge in [0.25, 0.3) is 5.69 Å². The molecule has 1 saturated heterocycles. The summed E-state index contributed by atoms with van der Waals surface area (Å²) in [6.07, 6.45) is 3.16. The van der Waals surface area contributed by atoms with Gasteiger partial charge in [-0.1, -0.05) is 30.3 Å². The molecule has 1 N–H and O–H groups in total. The second kappa shape index (κ2) is 8.06. The molecule has 1 aliphatic heterocycles. The Kier molecular flexibility index (Phi) is 5.76. The van der Waals surface area contributed by atoms with E-state index in [0.717, 1.165) is 32.2 Å². The first-order valence-electron chi connectivity index (χ1n) is 8.85. The Bertz CT molecular complexity index is 916. The number of rotatable bonds is 7. The number of sulfone groups is 1. The first-order chi connectivity index (χ1) is 12.8. The van der Waals surface area contributed by atoms with Crippen LogP contribution in [0.3, 0.4) is 0 Å². The zero-order valence-corrected chi connectivity index (χ0v) is 16.0. The first kappa shape index (κ1) is 19.3. The van der Waals surface area contributed by atoms with Crippen LogP contribution in [-0.2, 0) is 16.4 Å². The van der Waals surface area contributed by atoms with Gasteiger partial charge in [-0.2, -0.15) is 0 Å². The fourth-order valence-corrected chi connectivity index (χ4v) is 4.32. The number of hydrogen-bond acceptors (Lipinski definition) is 6. The predicted octanol–water partition coefficient (Wildman–Crippen LogP) is 3.07. The van der Waals surface area contributed by atoms with E-state index in [-0.39, 0.29) is 4.90 Å². The van der Waals surface area contributed by atoms with Crippen LogP contribution in [0.4, 0.5) is 11.4 Å². The van der Waals surface area contributed by atoms with Crippen LogP contribution in [0.1, 0.15) is 18.4 Å². The van der Waals surface area contributed by atoms with Gasteiger partial charge in [0.15, 0.2) is 9.84 Å². The zero-order valence-electron chi connectivity index (χ0n) is 15.2. The monoisotopic (exact) mass is 389 g/mol. The molecule has 1 unspecified atom stereocenters. The van der Waals surface area contributed by atoms with E-state index < -0.39 is 20.4 Å². The normalized spacial score (nSPS) is 17.7. The van der Waals surface area contributed by atoms with Crippen LogP contribution < -0.4 is 5.32 Å². The van der Waals surface area contributed by atoms with Gasteiger partial charge in [0, 0.05) is 37.1 Å². The van der Waals surface area contributed by atoms with Gasteiger partial charge in [-0.25, -0.2) is 8.42 Å². The van der Waals surface area contributed by atoms with Gasteiger partial charge >= 0.3 is 0 Å². The molecule has 0 aliphatic carbocycles. The minimum Gasteiger partial charge on any atom is -0.383 e. The fourth-order valence-electron chi connectivity index (χ4n) is 3.46. The highest BCUT2D eigenvalue weighted by molar-refractivity contribution is 7.90. The van der Waals surface area contributed by atoms with Gasteiger partial charge in [-0.15, -0.1) is 0 Å². The maximum absolute atomic E-state index is 11.9. The molecule has 1 heterocycles. The molecule has 27 heavy (non-hydrogen) atoms. The van der Waals surface area contributed by atoms with Crippen molar-refractivity contribution in [2.24, 2.45) is 0 Å². The quantitative estimate of drug-likeness (QED) is 0.578. The van der Waals surface area contributed by atoms with Crippen molar-refractivity contribution in [2.75, 3.05) is 24.7 Å². The van der Waals surface area contributed by atoms with Gasteiger partial charge in [0.1, 0.15) is 4.90 Å². The van der Waals surface area contributed by atoms with Gasteiger partial charge in [-0.3, -0.25) is 15.0 Å². The molecule has 0 saturated carbocycles. The van der Waals surface area contributed by atoms with Crippen molar-refractivity contribution in [1.82, 2.24) is 4.90 Å². The Morgan fingerprint density at radius 2 is 1.96 bits per heavy atom. The lowest BCUT2D eigenvalue weighted by Gasteiger charge is -2.25. The molecule has 0 amide bonds. The molecular weight excluding hydrogens is 366 g/mol. The van der Waals surface area contributed by atoms with Crippen molar-refractivity contribution < 1.29 is 13.3 Å². The van der Waals surface area contributed by atoms with E-state index in [1.54, 1.807) is 6.07 Å². The summed E-state index contributed by atoms with van der Waals surface area (Å²) in [4.78, 5) is 12.6. The summed E-state index contributed by atoms with van der Waals surface area (Å²) in [7, 11) is -3.68. The molecule has 1 aliphatic rings. The average Bonchev–Trinajstić information content (AvgIpc) is 3.07. The van der Waals surface area contributed by atoms with E-state index in [9.17, 15) is 18.5 Å². The second-order valence-corrected chi connectivity index (χ2v) is 8.83. The summed E-state index contributed by atoms with van der Waals surface area (Å²) < 4.78 is 23.8. The van der Waals surface area contributed by atoms with Gasteiger partial charge in [0.05, 0.1) is 4.92 Å². The SMILES string of the molecule is CS(=O)(=O)c1cc(NCC2CCCN2Cc2ccccc2)ccc1[N+](=O)[O-]. The standard InChI is InChI=1S/C19H23N3O4S/c1-27(25,26)19-12-16(9-10-18(19)22(23)24)20-13-17-8-5-11-21(17)14-15-6-3-2-4-7-15/h2-4,6-7,9-10,12,17,20H,5,8,11,13-14H2,1H3. The molecule has 7 nitrogen and oxygen atoms in total. The summed E-state index contributed by atoms with van der Waals surface area (Å²) in [6.45, 7) is 2.56. The highest BCUT2D eigenvalue weighted by atomic mass is 32.2. The van der Waals surface area contributed by atoms with Crippen LogP contribution in [0.15, 0.2) is 53.4 Å². The lowest BCUT2D eigenvalue weighted by atomic mass is 10.1. The van der Waals surface area contributed by atoms with Crippen LogP contribution >= 0.6 is 0 Å². The molecule has 0 spiro atoms.